The van der Waals surface area contributed by atoms with E-state index >= 15 is 0 Å². The number of hydrogen-bond acceptors (Lipinski definition) is 4. The van der Waals surface area contributed by atoms with Crippen molar-refractivity contribution in [2.45, 2.75) is 5.03 Å². The Morgan fingerprint density at radius 1 is 1.38 bits per heavy atom. The van der Waals surface area contributed by atoms with Gasteiger partial charge in [-0.2, -0.15) is 5.26 Å². The van der Waals surface area contributed by atoms with Gasteiger partial charge in [-0.05, 0) is 24.0 Å². The summed E-state index contributed by atoms with van der Waals surface area (Å²) in [4.78, 5) is 11.6. The number of ether oxygens (including phenoxy) is 1. The quantitative estimate of drug-likeness (QED) is 0.879. The van der Waals surface area contributed by atoms with Crippen LogP contribution in [0.4, 0.5) is 0 Å². The van der Waals surface area contributed by atoms with E-state index in [0.717, 1.165) is 0 Å². The van der Waals surface area contributed by atoms with Crippen molar-refractivity contribution in [1.82, 2.24) is 4.57 Å². The molecule has 0 aliphatic rings. The molecule has 0 bridgehead atoms. The number of aromatic nitrogens is 1. The Hall–Kier alpha value is -2.39. The van der Waals surface area contributed by atoms with Crippen LogP contribution in [0.15, 0.2) is 29.3 Å². The number of carbonyl (C=O) groups is 1. The van der Waals surface area contributed by atoms with Crippen molar-refractivity contribution in [3.63, 3.8) is 0 Å². The fourth-order valence-corrected chi connectivity index (χ4v) is 3.01. The second-order valence-electron chi connectivity index (χ2n) is 4.31. The van der Waals surface area contributed by atoms with E-state index in [4.69, 9.17) is 4.74 Å². The number of nitrogens with zero attached hydrogens (tertiary/aromatic N) is 2. The molecule has 6 heteroatoms. The highest BCUT2D eigenvalue weighted by molar-refractivity contribution is 7.98. The summed E-state index contributed by atoms with van der Waals surface area (Å²) >= 11 is 1.35. The van der Waals surface area contributed by atoms with Gasteiger partial charge in [0, 0.05) is 12.6 Å². The van der Waals surface area contributed by atoms with Gasteiger partial charge in [0.2, 0.25) is 0 Å². The molecule has 5 nitrogen and oxygen atoms in total. The maximum absolute atomic E-state index is 11.6. The Bertz CT molecular complexity index is 727. The molecule has 0 fully saturated rings. The van der Waals surface area contributed by atoms with Gasteiger partial charge in [0.15, 0.2) is 0 Å². The second-order valence-corrected chi connectivity index (χ2v) is 5.11. The van der Waals surface area contributed by atoms with Gasteiger partial charge in [0.1, 0.15) is 17.5 Å². The van der Waals surface area contributed by atoms with Crippen molar-refractivity contribution in [2.75, 3.05) is 13.4 Å². The van der Waals surface area contributed by atoms with Gasteiger partial charge in [-0.1, -0.05) is 12.1 Å². The maximum atomic E-state index is 11.6. The Morgan fingerprint density at radius 3 is 2.43 bits per heavy atom. The SMILES string of the molecule is COc1ccc(-c2c(C#N)c(SC)n(C)c2C(=O)O)cc1. The van der Waals surface area contributed by atoms with Gasteiger partial charge in [0.25, 0.3) is 0 Å². The molecule has 1 N–H and O–H groups in total. The first-order valence-electron chi connectivity index (χ1n) is 6.09. The van der Waals surface area contributed by atoms with E-state index in [1.54, 1.807) is 43.0 Å². The van der Waals surface area contributed by atoms with Crippen molar-refractivity contribution in [3.8, 4) is 22.9 Å². The molecule has 0 aliphatic carbocycles. The van der Waals surface area contributed by atoms with Crippen molar-refractivity contribution in [1.29, 1.82) is 5.26 Å². The number of methoxy groups -OCH3 is 1. The molecule has 0 radical (unpaired) electrons. The first-order valence-corrected chi connectivity index (χ1v) is 7.32. The van der Waals surface area contributed by atoms with Crippen molar-refractivity contribution < 1.29 is 14.6 Å². The van der Waals surface area contributed by atoms with Crippen LogP contribution in [0, 0.1) is 11.3 Å². The molecule has 0 saturated carbocycles. The smallest absolute Gasteiger partial charge is 0.353 e. The molecule has 1 aromatic heterocycles. The lowest BCUT2D eigenvalue weighted by Crippen LogP contribution is -2.06. The molecule has 0 spiro atoms. The van der Waals surface area contributed by atoms with Crippen LogP contribution in [0.25, 0.3) is 11.1 Å². The minimum absolute atomic E-state index is 0.112. The van der Waals surface area contributed by atoms with Crippen LogP contribution >= 0.6 is 11.8 Å². The standard InChI is InChI=1S/C15H14N2O3S/c1-17-13(15(18)19)12(11(8-16)14(17)21-3)9-4-6-10(20-2)7-5-9/h4-7H,1-3H3,(H,18,19). The van der Waals surface area contributed by atoms with E-state index in [9.17, 15) is 15.2 Å². The topological polar surface area (TPSA) is 75.2 Å². The molecule has 0 atom stereocenters. The minimum Gasteiger partial charge on any atom is -0.497 e. The number of carboxylic acids is 1. The van der Waals surface area contributed by atoms with E-state index in [2.05, 4.69) is 6.07 Å². The van der Waals surface area contributed by atoms with Gasteiger partial charge < -0.3 is 14.4 Å². The molecule has 2 aromatic rings. The Morgan fingerprint density at radius 2 is 2.00 bits per heavy atom. The van der Waals surface area contributed by atoms with E-state index in [0.29, 0.717) is 27.5 Å². The molecule has 21 heavy (non-hydrogen) atoms. The molecule has 2 rings (SSSR count). The third-order valence-electron chi connectivity index (χ3n) is 3.23. The molecule has 108 valence electrons. The van der Waals surface area contributed by atoms with Gasteiger partial charge in [-0.15, -0.1) is 11.8 Å². The third kappa shape index (κ3) is 2.48. The van der Waals surface area contributed by atoms with E-state index < -0.39 is 5.97 Å². The van der Waals surface area contributed by atoms with Crippen LogP contribution in [0.3, 0.4) is 0 Å². The number of benzene rings is 1. The summed E-state index contributed by atoms with van der Waals surface area (Å²) < 4.78 is 6.65. The van der Waals surface area contributed by atoms with Crippen LogP contribution in [0.2, 0.25) is 0 Å². The summed E-state index contributed by atoms with van der Waals surface area (Å²) in [6.07, 6.45) is 1.82. The lowest BCUT2D eigenvalue weighted by molar-refractivity contribution is 0.0686. The van der Waals surface area contributed by atoms with Gasteiger partial charge in [-0.3, -0.25) is 0 Å². The molecular weight excluding hydrogens is 288 g/mol. The first kappa shape index (κ1) is 15.0. The fraction of sp³-hybridized carbons (Fsp3) is 0.200. The number of nitriles is 1. The van der Waals surface area contributed by atoms with Crippen LogP contribution in [0.1, 0.15) is 16.1 Å². The van der Waals surface area contributed by atoms with Crippen molar-refractivity contribution >= 4 is 17.7 Å². The molecule has 1 heterocycles. The zero-order valence-electron chi connectivity index (χ0n) is 11.9. The summed E-state index contributed by atoms with van der Waals surface area (Å²) in [5.74, 6) is -0.379. The average molecular weight is 302 g/mol. The zero-order valence-corrected chi connectivity index (χ0v) is 12.7. The minimum atomic E-state index is -1.06. The highest BCUT2D eigenvalue weighted by atomic mass is 32.2. The Kier molecular flexibility index (Phi) is 4.24. The number of hydrogen-bond donors (Lipinski definition) is 1. The number of carboxylic acid groups (broad SMARTS) is 1. The summed E-state index contributed by atoms with van der Waals surface area (Å²) in [6.45, 7) is 0. The normalized spacial score (nSPS) is 10.2. The van der Waals surface area contributed by atoms with Crippen LogP contribution in [-0.4, -0.2) is 29.0 Å². The molecule has 1 aromatic carbocycles. The monoisotopic (exact) mass is 302 g/mol. The predicted molar refractivity (Wildman–Crippen MR) is 80.9 cm³/mol. The molecular formula is C15H14N2O3S. The molecule has 0 amide bonds. The molecule has 0 aliphatic heterocycles. The van der Waals surface area contributed by atoms with Crippen LogP contribution in [-0.2, 0) is 7.05 Å². The predicted octanol–water partition coefficient (Wildman–Crippen LogP) is 2.99. The maximum Gasteiger partial charge on any atom is 0.353 e. The van der Waals surface area contributed by atoms with Crippen LogP contribution < -0.4 is 4.74 Å². The highest BCUT2D eigenvalue weighted by Crippen LogP contribution is 2.36. The van der Waals surface area contributed by atoms with Crippen molar-refractivity contribution in [2.24, 2.45) is 7.05 Å². The highest BCUT2D eigenvalue weighted by Gasteiger charge is 2.26. The van der Waals surface area contributed by atoms with Crippen molar-refractivity contribution in [3.05, 3.63) is 35.5 Å². The second kappa shape index (κ2) is 5.94. The zero-order chi connectivity index (χ0) is 15.6. The molecule has 0 unspecified atom stereocenters. The summed E-state index contributed by atoms with van der Waals surface area (Å²) in [7, 11) is 3.22. The number of aromatic carboxylic acids is 1. The number of thioether (sulfide) groups is 1. The van der Waals surface area contributed by atoms with Gasteiger partial charge in [-0.25, -0.2) is 4.79 Å². The summed E-state index contributed by atoms with van der Waals surface area (Å²) in [5.41, 5.74) is 1.62. The Balaban J connectivity index is 2.76. The summed E-state index contributed by atoms with van der Waals surface area (Å²) in [5, 5.41) is 19.5. The summed E-state index contributed by atoms with van der Waals surface area (Å²) in [6, 6.07) is 9.12. The molecule has 0 saturated heterocycles. The lowest BCUT2D eigenvalue weighted by atomic mass is 10.0. The Labute approximate surface area is 126 Å². The first-order chi connectivity index (χ1) is 10.0. The average Bonchev–Trinajstić information content (AvgIpc) is 2.79. The number of rotatable bonds is 4. The van der Waals surface area contributed by atoms with E-state index in [1.807, 2.05) is 6.26 Å². The van der Waals surface area contributed by atoms with E-state index in [-0.39, 0.29) is 5.69 Å². The van der Waals surface area contributed by atoms with Crippen LogP contribution in [0.5, 0.6) is 5.75 Å². The third-order valence-corrected chi connectivity index (χ3v) is 4.09. The largest absolute Gasteiger partial charge is 0.497 e. The van der Waals surface area contributed by atoms with E-state index in [1.165, 1.54) is 11.8 Å². The lowest BCUT2D eigenvalue weighted by Gasteiger charge is -2.05. The fourth-order valence-electron chi connectivity index (χ4n) is 2.29. The van der Waals surface area contributed by atoms with Gasteiger partial charge >= 0.3 is 5.97 Å². The van der Waals surface area contributed by atoms with Gasteiger partial charge in [0.05, 0.1) is 17.7 Å².